The molecule has 0 aliphatic rings. The SMILES string of the molecule is CCn1c(COC(=O)NC)nc(C(C)C)c1Sc1ccccc1. The van der Waals surface area contributed by atoms with Crippen LogP contribution >= 0.6 is 11.8 Å². The second-order valence-corrected chi connectivity index (χ2v) is 6.42. The number of carbonyl (C=O) groups is 1. The maximum atomic E-state index is 11.3. The highest BCUT2D eigenvalue weighted by Crippen LogP contribution is 2.34. The highest BCUT2D eigenvalue weighted by atomic mass is 32.2. The van der Waals surface area contributed by atoms with E-state index in [1.165, 1.54) is 4.90 Å². The number of carbonyl (C=O) groups excluding carboxylic acids is 1. The van der Waals surface area contributed by atoms with E-state index in [1.807, 2.05) is 18.2 Å². The number of amides is 1. The Bertz CT molecular complexity index is 653. The minimum atomic E-state index is -0.445. The molecule has 2 rings (SSSR count). The van der Waals surface area contributed by atoms with Crippen LogP contribution in [0.2, 0.25) is 0 Å². The molecule has 1 N–H and O–H groups in total. The molecule has 1 aromatic heterocycles. The summed E-state index contributed by atoms with van der Waals surface area (Å²) in [5.41, 5.74) is 1.04. The molecule has 1 amide bonds. The van der Waals surface area contributed by atoms with Gasteiger partial charge in [-0.05, 0) is 25.0 Å². The third-order valence-corrected chi connectivity index (χ3v) is 4.51. The second kappa shape index (κ2) is 8.06. The third-order valence-electron chi connectivity index (χ3n) is 3.38. The zero-order valence-electron chi connectivity index (χ0n) is 14.0. The molecule has 124 valence electrons. The normalized spacial score (nSPS) is 10.8. The van der Waals surface area contributed by atoms with Crippen LogP contribution in [0.15, 0.2) is 40.3 Å². The lowest BCUT2D eigenvalue weighted by Crippen LogP contribution is -2.20. The fraction of sp³-hybridized carbons (Fsp3) is 0.412. The lowest BCUT2D eigenvalue weighted by Gasteiger charge is -2.11. The van der Waals surface area contributed by atoms with E-state index in [4.69, 9.17) is 9.72 Å². The van der Waals surface area contributed by atoms with Gasteiger partial charge in [-0.3, -0.25) is 0 Å². The van der Waals surface area contributed by atoms with Gasteiger partial charge in [0, 0.05) is 18.5 Å². The Morgan fingerprint density at radius 1 is 1.35 bits per heavy atom. The largest absolute Gasteiger partial charge is 0.441 e. The van der Waals surface area contributed by atoms with Crippen molar-refractivity contribution in [2.24, 2.45) is 0 Å². The van der Waals surface area contributed by atoms with Crippen LogP contribution in [0.25, 0.3) is 0 Å². The number of alkyl carbamates (subject to hydrolysis) is 1. The summed E-state index contributed by atoms with van der Waals surface area (Å²) < 4.78 is 7.30. The lowest BCUT2D eigenvalue weighted by molar-refractivity contribution is 0.137. The molecule has 1 aromatic carbocycles. The zero-order chi connectivity index (χ0) is 16.8. The summed E-state index contributed by atoms with van der Waals surface area (Å²) in [5.74, 6) is 1.07. The van der Waals surface area contributed by atoms with Crippen molar-refractivity contribution in [2.75, 3.05) is 7.05 Å². The molecule has 0 unspecified atom stereocenters. The molecule has 0 atom stereocenters. The molecule has 0 saturated heterocycles. The monoisotopic (exact) mass is 333 g/mol. The third kappa shape index (κ3) is 4.28. The number of aromatic nitrogens is 2. The summed E-state index contributed by atoms with van der Waals surface area (Å²) in [7, 11) is 1.55. The van der Waals surface area contributed by atoms with Crippen molar-refractivity contribution >= 4 is 17.9 Å². The number of hydrogen-bond donors (Lipinski definition) is 1. The summed E-state index contributed by atoms with van der Waals surface area (Å²) in [6.07, 6.45) is -0.445. The number of nitrogens with one attached hydrogen (secondary N) is 1. The van der Waals surface area contributed by atoms with Crippen LogP contribution in [0.1, 0.15) is 38.2 Å². The van der Waals surface area contributed by atoms with Gasteiger partial charge in [-0.1, -0.05) is 43.8 Å². The fourth-order valence-corrected chi connectivity index (χ4v) is 3.47. The summed E-state index contributed by atoms with van der Waals surface area (Å²) in [6, 6.07) is 10.2. The Balaban J connectivity index is 2.34. The summed E-state index contributed by atoms with van der Waals surface area (Å²) >= 11 is 1.70. The van der Waals surface area contributed by atoms with Gasteiger partial charge < -0.3 is 14.6 Å². The number of hydrogen-bond acceptors (Lipinski definition) is 4. The average molecular weight is 333 g/mol. The molecule has 5 nitrogen and oxygen atoms in total. The molecular weight excluding hydrogens is 310 g/mol. The average Bonchev–Trinajstić information content (AvgIpc) is 2.91. The molecule has 23 heavy (non-hydrogen) atoms. The van der Waals surface area contributed by atoms with E-state index in [0.717, 1.165) is 23.1 Å². The second-order valence-electron chi connectivity index (χ2n) is 5.36. The molecule has 1 heterocycles. The maximum absolute atomic E-state index is 11.3. The first-order valence-electron chi connectivity index (χ1n) is 7.73. The van der Waals surface area contributed by atoms with Gasteiger partial charge in [0.25, 0.3) is 0 Å². The van der Waals surface area contributed by atoms with Crippen molar-refractivity contribution in [1.82, 2.24) is 14.9 Å². The molecule has 0 aliphatic heterocycles. The standard InChI is InChI=1S/C17H23N3O2S/c1-5-20-14(11-22-17(21)18-4)19-15(12(2)3)16(20)23-13-9-7-6-8-10-13/h6-10,12H,5,11H2,1-4H3,(H,18,21). The quantitative estimate of drug-likeness (QED) is 0.867. The van der Waals surface area contributed by atoms with Gasteiger partial charge >= 0.3 is 6.09 Å². The molecule has 2 aromatic rings. The van der Waals surface area contributed by atoms with E-state index in [2.05, 4.69) is 42.8 Å². The van der Waals surface area contributed by atoms with Crippen molar-refractivity contribution in [2.45, 2.75) is 49.8 Å². The van der Waals surface area contributed by atoms with Crippen LogP contribution in [0.4, 0.5) is 4.79 Å². The van der Waals surface area contributed by atoms with Gasteiger partial charge in [0.15, 0.2) is 6.61 Å². The number of nitrogens with zero attached hydrogens (tertiary/aromatic N) is 2. The van der Waals surface area contributed by atoms with Gasteiger partial charge in [0.1, 0.15) is 10.9 Å². The minimum Gasteiger partial charge on any atom is -0.441 e. The van der Waals surface area contributed by atoms with Crippen LogP contribution in [-0.2, 0) is 17.9 Å². The van der Waals surface area contributed by atoms with E-state index >= 15 is 0 Å². The Labute approximate surface area is 141 Å². The highest BCUT2D eigenvalue weighted by molar-refractivity contribution is 7.99. The van der Waals surface area contributed by atoms with Gasteiger partial charge in [0.05, 0.1) is 5.69 Å². The first-order valence-corrected chi connectivity index (χ1v) is 8.55. The molecule has 0 bridgehead atoms. The number of benzene rings is 1. The van der Waals surface area contributed by atoms with Crippen molar-refractivity contribution in [1.29, 1.82) is 0 Å². The first kappa shape index (κ1) is 17.4. The van der Waals surface area contributed by atoms with E-state index < -0.39 is 6.09 Å². The number of imidazole rings is 1. The van der Waals surface area contributed by atoms with Crippen LogP contribution in [0.3, 0.4) is 0 Å². The van der Waals surface area contributed by atoms with Crippen LogP contribution in [0.5, 0.6) is 0 Å². The number of rotatable bonds is 6. The Hall–Kier alpha value is -1.95. The van der Waals surface area contributed by atoms with E-state index in [0.29, 0.717) is 5.92 Å². The fourth-order valence-electron chi connectivity index (χ4n) is 2.22. The van der Waals surface area contributed by atoms with Crippen LogP contribution < -0.4 is 5.32 Å². The summed E-state index contributed by atoms with van der Waals surface area (Å²) in [5, 5.41) is 3.57. The lowest BCUT2D eigenvalue weighted by atomic mass is 10.1. The predicted molar refractivity (Wildman–Crippen MR) is 91.8 cm³/mol. The van der Waals surface area contributed by atoms with E-state index in [9.17, 15) is 4.79 Å². The highest BCUT2D eigenvalue weighted by Gasteiger charge is 2.20. The molecule has 0 radical (unpaired) electrons. The molecule has 0 spiro atoms. The predicted octanol–water partition coefficient (Wildman–Crippen LogP) is 4.03. The Morgan fingerprint density at radius 3 is 2.61 bits per heavy atom. The van der Waals surface area contributed by atoms with E-state index in [-0.39, 0.29) is 6.61 Å². The number of ether oxygens (including phenoxy) is 1. The van der Waals surface area contributed by atoms with Gasteiger partial charge in [-0.2, -0.15) is 0 Å². The Morgan fingerprint density at radius 2 is 2.04 bits per heavy atom. The molecular formula is C17H23N3O2S. The van der Waals surface area contributed by atoms with Gasteiger partial charge in [-0.25, -0.2) is 9.78 Å². The molecule has 0 saturated carbocycles. The Kier molecular flexibility index (Phi) is 6.10. The topological polar surface area (TPSA) is 56.1 Å². The zero-order valence-corrected chi connectivity index (χ0v) is 14.8. The summed E-state index contributed by atoms with van der Waals surface area (Å²) in [4.78, 5) is 17.2. The van der Waals surface area contributed by atoms with Crippen molar-refractivity contribution in [3.05, 3.63) is 41.9 Å². The summed E-state index contributed by atoms with van der Waals surface area (Å²) in [6.45, 7) is 7.27. The van der Waals surface area contributed by atoms with E-state index in [1.54, 1.807) is 18.8 Å². The maximum Gasteiger partial charge on any atom is 0.407 e. The smallest absolute Gasteiger partial charge is 0.407 e. The molecule has 0 fully saturated rings. The van der Waals surface area contributed by atoms with Crippen LogP contribution in [0, 0.1) is 0 Å². The minimum absolute atomic E-state index is 0.169. The van der Waals surface area contributed by atoms with Crippen molar-refractivity contribution in [3.63, 3.8) is 0 Å². The van der Waals surface area contributed by atoms with Crippen molar-refractivity contribution in [3.8, 4) is 0 Å². The van der Waals surface area contributed by atoms with Gasteiger partial charge in [-0.15, -0.1) is 0 Å². The van der Waals surface area contributed by atoms with Crippen LogP contribution in [-0.4, -0.2) is 22.7 Å². The molecule has 0 aliphatic carbocycles. The van der Waals surface area contributed by atoms with Crippen molar-refractivity contribution < 1.29 is 9.53 Å². The molecule has 6 heteroatoms. The van der Waals surface area contributed by atoms with Gasteiger partial charge in [0.2, 0.25) is 0 Å². The first-order chi connectivity index (χ1) is 11.1.